The highest BCUT2D eigenvalue weighted by molar-refractivity contribution is 7.92. The zero-order chi connectivity index (χ0) is 30.2. The lowest BCUT2D eigenvalue weighted by atomic mass is 10.1. The van der Waals surface area contributed by atoms with Gasteiger partial charge in [-0.2, -0.15) is 0 Å². The van der Waals surface area contributed by atoms with Gasteiger partial charge in [0.25, 0.3) is 0 Å². The Balaban J connectivity index is 1.86. The Morgan fingerprint density at radius 1 is 0.902 bits per heavy atom. The van der Waals surface area contributed by atoms with Crippen molar-refractivity contribution in [3.05, 3.63) is 95.6 Å². The molecule has 220 valence electrons. The van der Waals surface area contributed by atoms with Gasteiger partial charge in [-0.25, -0.2) is 8.42 Å². The maximum absolute atomic E-state index is 13.9. The van der Waals surface area contributed by atoms with Crippen LogP contribution in [0.2, 0.25) is 0 Å². The zero-order valence-electron chi connectivity index (χ0n) is 24.8. The van der Waals surface area contributed by atoms with Gasteiger partial charge >= 0.3 is 0 Å². The third-order valence-corrected chi connectivity index (χ3v) is 7.55. The van der Waals surface area contributed by atoms with E-state index in [0.717, 1.165) is 27.3 Å². The van der Waals surface area contributed by atoms with Gasteiger partial charge in [0.2, 0.25) is 21.8 Å². The summed E-state index contributed by atoms with van der Waals surface area (Å²) in [7, 11) is -3.83. The van der Waals surface area contributed by atoms with Crippen LogP contribution in [-0.2, 0) is 32.8 Å². The third kappa shape index (κ3) is 9.63. The summed E-state index contributed by atoms with van der Waals surface area (Å²) in [6.45, 7) is 9.53. The molecule has 0 saturated heterocycles. The van der Waals surface area contributed by atoms with Gasteiger partial charge in [-0.15, -0.1) is 0 Å². The lowest BCUT2D eigenvalue weighted by Gasteiger charge is -2.34. The van der Waals surface area contributed by atoms with Gasteiger partial charge in [0.15, 0.2) is 0 Å². The van der Waals surface area contributed by atoms with Crippen molar-refractivity contribution in [2.45, 2.75) is 65.8 Å². The standard InChI is InChI=1S/C32H41N3O5S/c1-7-29(31(37)33-32(3,4)5)34(21-25-15-13-24(2)14-16-25)30(36)22-35(41(6,38)39)27-17-19-28(20-18-27)40-23-26-11-9-8-10-12-26/h8-20,29H,7,21-23H2,1-6H3,(H,33,37). The number of hydrogen-bond acceptors (Lipinski definition) is 5. The van der Waals surface area contributed by atoms with Crippen LogP contribution < -0.4 is 14.4 Å². The summed E-state index contributed by atoms with van der Waals surface area (Å²) >= 11 is 0. The van der Waals surface area contributed by atoms with Crippen LogP contribution in [0.5, 0.6) is 5.75 Å². The van der Waals surface area contributed by atoms with Crippen molar-refractivity contribution >= 4 is 27.5 Å². The highest BCUT2D eigenvalue weighted by Crippen LogP contribution is 2.24. The molecule has 1 unspecified atom stereocenters. The molecule has 0 aliphatic rings. The van der Waals surface area contributed by atoms with E-state index in [-0.39, 0.29) is 12.5 Å². The molecule has 3 aromatic carbocycles. The number of ether oxygens (including phenoxy) is 1. The van der Waals surface area contributed by atoms with Crippen LogP contribution in [0.3, 0.4) is 0 Å². The second-order valence-electron chi connectivity index (χ2n) is 11.2. The van der Waals surface area contributed by atoms with Crippen molar-refractivity contribution in [1.29, 1.82) is 0 Å². The number of hydrogen-bond donors (Lipinski definition) is 1. The van der Waals surface area contributed by atoms with Crippen LogP contribution in [0, 0.1) is 6.92 Å². The van der Waals surface area contributed by atoms with E-state index in [1.54, 1.807) is 24.3 Å². The van der Waals surface area contributed by atoms with Gasteiger partial charge in [0.05, 0.1) is 11.9 Å². The fourth-order valence-corrected chi connectivity index (χ4v) is 5.18. The van der Waals surface area contributed by atoms with Crippen LogP contribution in [0.1, 0.15) is 50.8 Å². The summed E-state index contributed by atoms with van der Waals surface area (Å²) in [5.74, 6) is -0.189. The molecule has 0 saturated carbocycles. The minimum atomic E-state index is -3.83. The number of amides is 2. The number of carbonyl (C=O) groups excluding carboxylic acids is 2. The Labute approximate surface area is 244 Å². The molecule has 0 bridgehead atoms. The maximum atomic E-state index is 13.9. The Morgan fingerprint density at radius 3 is 2.05 bits per heavy atom. The van der Waals surface area contributed by atoms with E-state index in [0.29, 0.717) is 24.5 Å². The molecule has 3 aromatic rings. The predicted octanol–water partition coefficient (Wildman–Crippen LogP) is 5.06. The maximum Gasteiger partial charge on any atom is 0.244 e. The molecule has 9 heteroatoms. The average molecular weight is 580 g/mol. The Kier molecular flexibility index (Phi) is 10.6. The number of carbonyl (C=O) groups is 2. The molecule has 3 rings (SSSR count). The van der Waals surface area contributed by atoms with Crippen molar-refractivity contribution in [1.82, 2.24) is 10.2 Å². The summed E-state index contributed by atoms with van der Waals surface area (Å²) in [6.07, 6.45) is 1.43. The molecule has 0 heterocycles. The molecule has 2 amide bonds. The SMILES string of the molecule is CCC(C(=O)NC(C)(C)C)N(Cc1ccc(C)cc1)C(=O)CN(c1ccc(OCc2ccccc2)cc1)S(C)(=O)=O. The minimum Gasteiger partial charge on any atom is -0.489 e. The highest BCUT2D eigenvalue weighted by Gasteiger charge is 2.33. The molecular weight excluding hydrogens is 538 g/mol. The van der Waals surface area contributed by atoms with Crippen LogP contribution >= 0.6 is 0 Å². The van der Waals surface area contributed by atoms with Gasteiger partial charge in [-0.3, -0.25) is 13.9 Å². The van der Waals surface area contributed by atoms with E-state index in [1.807, 2.05) is 89.2 Å². The van der Waals surface area contributed by atoms with Gasteiger partial charge < -0.3 is 15.0 Å². The van der Waals surface area contributed by atoms with E-state index < -0.39 is 34.1 Å². The van der Waals surface area contributed by atoms with Gasteiger partial charge in [0, 0.05) is 12.1 Å². The molecule has 41 heavy (non-hydrogen) atoms. The monoisotopic (exact) mass is 579 g/mol. The van der Waals surface area contributed by atoms with Crippen LogP contribution in [-0.4, -0.2) is 49.5 Å². The molecule has 8 nitrogen and oxygen atoms in total. The summed E-state index contributed by atoms with van der Waals surface area (Å²) in [5.41, 5.74) is 2.76. The average Bonchev–Trinajstić information content (AvgIpc) is 2.91. The van der Waals surface area contributed by atoms with Crippen molar-refractivity contribution < 1.29 is 22.7 Å². The zero-order valence-corrected chi connectivity index (χ0v) is 25.6. The molecule has 0 aliphatic carbocycles. The first-order valence-electron chi connectivity index (χ1n) is 13.7. The minimum absolute atomic E-state index is 0.166. The Hall–Kier alpha value is -3.85. The fourth-order valence-electron chi connectivity index (χ4n) is 4.33. The van der Waals surface area contributed by atoms with Crippen LogP contribution in [0.15, 0.2) is 78.9 Å². The van der Waals surface area contributed by atoms with Crippen LogP contribution in [0.4, 0.5) is 5.69 Å². The lowest BCUT2D eigenvalue weighted by molar-refractivity contribution is -0.141. The number of benzene rings is 3. The molecule has 0 radical (unpaired) electrons. The van der Waals surface area contributed by atoms with E-state index in [9.17, 15) is 18.0 Å². The highest BCUT2D eigenvalue weighted by atomic mass is 32.2. The number of aryl methyl sites for hydroxylation is 1. The molecule has 0 spiro atoms. The summed E-state index contributed by atoms with van der Waals surface area (Å²) in [4.78, 5) is 28.6. The quantitative estimate of drug-likeness (QED) is 0.324. The van der Waals surface area contributed by atoms with Gasteiger partial charge in [-0.1, -0.05) is 67.1 Å². The van der Waals surface area contributed by atoms with Gasteiger partial charge in [0.1, 0.15) is 24.9 Å². The number of anilines is 1. The number of sulfonamides is 1. The summed E-state index contributed by atoms with van der Waals surface area (Å²) in [5, 5.41) is 2.97. The third-order valence-electron chi connectivity index (χ3n) is 6.41. The first kappa shape index (κ1) is 31.7. The van der Waals surface area contributed by atoms with Crippen molar-refractivity contribution in [3.8, 4) is 5.75 Å². The Bertz CT molecular complexity index is 1400. The number of nitrogens with zero attached hydrogens (tertiary/aromatic N) is 2. The lowest BCUT2D eigenvalue weighted by Crippen LogP contribution is -2.55. The normalized spacial score (nSPS) is 12.3. The molecule has 1 N–H and O–H groups in total. The summed E-state index contributed by atoms with van der Waals surface area (Å²) < 4.78 is 32.7. The van der Waals surface area contributed by atoms with Gasteiger partial charge in [-0.05, 0) is 69.5 Å². The molecule has 0 aliphatic heterocycles. The van der Waals surface area contributed by atoms with Crippen molar-refractivity contribution in [2.75, 3.05) is 17.1 Å². The topological polar surface area (TPSA) is 96.0 Å². The van der Waals surface area contributed by atoms with Crippen molar-refractivity contribution in [3.63, 3.8) is 0 Å². The van der Waals surface area contributed by atoms with E-state index in [2.05, 4.69) is 5.32 Å². The first-order chi connectivity index (χ1) is 19.3. The van der Waals surface area contributed by atoms with E-state index in [4.69, 9.17) is 4.74 Å². The number of rotatable bonds is 12. The van der Waals surface area contributed by atoms with Crippen LogP contribution in [0.25, 0.3) is 0 Å². The smallest absolute Gasteiger partial charge is 0.244 e. The molecular formula is C32H41N3O5S. The largest absolute Gasteiger partial charge is 0.489 e. The molecule has 1 atom stereocenters. The Morgan fingerprint density at radius 2 is 1.51 bits per heavy atom. The second-order valence-corrected chi connectivity index (χ2v) is 13.1. The molecule has 0 fully saturated rings. The first-order valence-corrected chi connectivity index (χ1v) is 15.5. The second kappa shape index (κ2) is 13.7. The van der Waals surface area contributed by atoms with E-state index >= 15 is 0 Å². The summed E-state index contributed by atoms with van der Waals surface area (Å²) in [6, 6.07) is 23.2. The predicted molar refractivity (Wildman–Crippen MR) is 163 cm³/mol. The van der Waals surface area contributed by atoms with E-state index in [1.165, 1.54) is 4.90 Å². The number of nitrogens with one attached hydrogen (secondary N) is 1. The fraction of sp³-hybridized carbons (Fsp3) is 0.375. The van der Waals surface area contributed by atoms with Crippen molar-refractivity contribution in [2.24, 2.45) is 0 Å². The molecule has 0 aromatic heterocycles.